The fourth-order valence-electron chi connectivity index (χ4n) is 1.16. The van der Waals surface area contributed by atoms with E-state index in [0.717, 1.165) is 12.0 Å². The van der Waals surface area contributed by atoms with Gasteiger partial charge in [-0.05, 0) is 24.1 Å². The summed E-state index contributed by atoms with van der Waals surface area (Å²) < 4.78 is 0. The molecule has 14 heavy (non-hydrogen) atoms. The summed E-state index contributed by atoms with van der Waals surface area (Å²) >= 11 is 5.81. The Morgan fingerprint density at radius 3 is 2.93 bits per heavy atom. The smallest absolute Gasteiger partial charge is 0.220 e. The van der Waals surface area contributed by atoms with Gasteiger partial charge in [0.15, 0.2) is 0 Å². The molecule has 0 unspecified atom stereocenters. The van der Waals surface area contributed by atoms with Crippen LogP contribution in [0.4, 0.5) is 0 Å². The summed E-state index contributed by atoms with van der Waals surface area (Å²) in [6, 6.07) is 7.49. The minimum absolute atomic E-state index is 0.0903. The van der Waals surface area contributed by atoms with Gasteiger partial charge in [-0.25, -0.2) is 0 Å². The summed E-state index contributed by atoms with van der Waals surface area (Å²) in [7, 11) is 0. The molecule has 1 aromatic rings. The highest BCUT2D eigenvalue weighted by Gasteiger charge is 1.99. The van der Waals surface area contributed by atoms with E-state index in [0.29, 0.717) is 18.0 Å². The van der Waals surface area contributed by atoms with E-state index in [9.17, 15) is 4.79 Å². The van der Waals surface area contributed by atoms with Crippen molar-refractivity contribution in [3.05, 3.63) is 34.9 Å². The Morgan fingerprint density at radius 1 is 1.50 bits per heavy atom. The van der Waals surface area contributed by atoms with Crippen LogP contribution in [0.15, 0.2) is 24.3 Å². The van der Waals surface area contributed by atoms with Crippen LogP contribution in [0.3, 0.4) is 0 Å². The second-order valence-electron chi connectivity index (χ2n) is 3.16. The van der Waals surface area contributed by atoms with Gasteiger partial charge in [0.2, 0.25) is 5.91 Å². The van der Waals surface area contributed by atoms with E-state index < -0.39 is 0 Å². The Bertz CT molecular complexity index is 312. The number of amides is 1. The van der Waals surface area contributed by atoms with E-state index in [4.69, 9.17) is 11.6 Å². The Balaban J connectivity index is 2.41. The lowest BCUT2D eigenvalue weighted by molar-refractivity contribution is -0.121. The molecule has 0 saturated heterocycles. The van der Waals surface area contributed by atoms with Crippen LogP contribution >= 0.6 is 11.6 Å². The van der Waals surface area contributed by atoms with Crippen LogP contribution in [-0.4, -0.2) is 5.91 Å². The lowest BCUT2D eigenvalue weighted by Gasteiger charge is -2.04. The molecule has 76 valence electrons. The summed E-state index contributed by atoms with van der Waals surface area (Å²) in [4.78, 5) is 11.2. The molecule has 1 aromatic carbocycles. The summed E-state index contributed by atoms with van der Waals surface area (Å²) in [5, 5.41) is 3.53. The molecule has 3 heteroatoms. The zero-order valence-corrected chi connectivity index (χ0v) is 8.97. The van der Waals surface area contributed by atoms with Crippen molar-refractivity contribution in [1.29, 1.82) is 0 Å². The van der Waals surface area contributed by atoms with Crippen LogP contribution in [0.25, 0.3) is 0 Å². The van der Waals surface area contributed by atoms with Crippen LogP contribution in [0.1, 0.15) is 25.3 Å². The average molecular weight is 212 g/mol. The van der Waals surface area contributed by atoms with Crippen LogP contribution in [0.2, 0.25) is 5.02 Å². The Labute approximate surface area is 89.3 Å². The molecule has 1 amide bonds. The van der Waals surface area contributed by atoms with Crippen LogP contribution in [0.5, 0.6) is 0 Å². The summed E-state index contributed by atoms with van der Waals surface area (Å²) in [5.41, 5.74) is 1.03. The van der Waals surface area contributed by atoms with Crippen molar-refractivity contribution in [2.45, 2.75) is 26.3 Å². The topological polar surface area (TPSA) is 29.1 Å². The van der Waals surface area contributed by atoms with E-state index in [1.807, 2.05) is 31.2 Å². The maximum atomic E-state index is 11.2. The Kier molecular flexibility index (Phi) is 4.47. The molecule has 0 aliphatic carbocycles. The molecule has 0 spiro atoms. The van der Waals surface area contributed by atoms with Crippen LogP contribution in [0, 0.1) is 0 Å². The lowest BCUT2D eigenvalue weighted by Crippen LogP contribution is -2.21. The predicted molar refractivity (Wildman–Crippen MR) is 58.2 cm³/mol. The van der Waals surface area contributed by atoms with Crippen LogP contribution < -0.4 is 5.32 Å². The molecule has 1 rings (SSSR count). The molecule has 0 radical (unpaired) electrons. The van der Waals surface area contributed by atoms with Gasteiger partial charge in [-0.3, -0.25) is 4.79 Å². The van der Waals surface area contributed by atoms with Gasteiger partial charge in [-0.15, -0.1) is 0 Å². The van der Waals surface area contributed by atoms with Gasteiger partial charge < -0.3 is 5.32 Å². The third kappa shape index (κ3) is 3.79. The Hall–Kier alpha value is -1.02. The van der Waals surface area contributed by atoms with Gasteiger partial charge in [0.25, 0.3) is 0 Å². The molecule has 0 bridgehead atoms. The molecule has 0 aromatic heterocycles. The van der Waals surface area contributed by atoms with Gasteiger partial charge in [0.1, 0.15) is 0 Å². The molecular formula is C11H14ClNO. The number of carbonyl (C=O) groups is 1. The van der Waals surface area contributed by atoms with Crippen molar-refractivity contribution in [1.82, 2.24) is 5.32 Å². The first-order valence-corrected chi connectivity index (χ1v) is 5.11. The molecule has 1 N–H and O–H groups in total. The highest BCUT2D eigenvalue weighted by Crippen LogP contribution is 2.10. The SMILES string of the molecule is CCCC(=O)NCc1cccc(Cl)c1. The van der Waals surface area contributed by atoms with Gasteiger partial charge in [0, 0.05) is 18.0 Å². The van der Waals surface area contributed by atoms with Gasteiger partial charge >= 0.3 is 0 Å². The van der Waals surface area contributed by atoms with Crippen molar-refractivity contribution in [2.75, 3.05) is 0 Å². The second-order valence-corrected chi connectivity index (χ2v) is 3.59. The third-order valence-corrected chi connectivity index (χ3v) is 2.09. The first-order chi connectivity index (χ1) is 6.72. The fourth-order valence-corrected chi connectivity index (χ4v) is 1.38. The van der Waals surface area contributed by atoms with E-state index in [1.54, 1.807) is 0 Å². The van der Waals surface area contributed by atoms with Gasteiger partial charge in [-0.2, -0.15) is 0 Å². The number of carbonyl (C=O) groups excluding carboxylic acids is 1. The molecule has 0 saturated carbocycles. The molecule has 0 heterocycles. The molecule has 0 atom stereocenters. The molecule has 2 nitrogen and oxygen atoms in total. The summed E-state index contributed by atoms with van der Waals surface area (Å²) in [6.07, 6.45) is 1.46. The molecular weight excluding hydrogens is 198 g/mol. The first-order valence-electron chi connectivity index (χ1n) is 4.73. The van der Waals surface area contributed by atoms with Crippen LogP contribution in [-0.2, 0) is 11.3 Å². The molecule has 0 fully saturated rings. The van der Waals surface area contributed by atoms with E-state index in [2.05, 4.69) is 5.32 Å². The standard InChI is InChI=1S/C11H14ClNO/c1-2-4-11(14)13-8-9-5-3-6-10(12)7-9/h3,5-7H,2,4,8H2,1H3,(H,13,14). The highest BCUT2D eigenvalue weighted by molar-refractivity contribution is 6.30. The van der Waals surface area contributed by atoms with E-state index in [1.165, 1.54) is 0 Å². The van der Waals surface area contributed by atoms with Gasteiger partial charge in [-0.1, -0.05) is 30.7 Å². The van der Waals surface area contributed by atoms with E-state index in [-0.39, 0.29) is 5.91 Å². The van der Waals surface area contributed by atoms with Crippen molar-refractivity contribution < 1.29 is 4.79 Å². The fraction of sp³-hybridized carbons (Fsp3) is 0.364. The van der Waals surface area contributed by atoms with Crippen molar-refractivity contribution >= 4 is 17.5 Å². The maximum Gasteiger partial charge on any atom is 0.220 e. The lowest BCUT2D eigenvalue weighted by atomic mass is 10.2. The first kappa shape index (κ1) is 11.1. The molecule has 0 aliphatic heterocycles. The number of nitrogens with one attached hydrogen (secondary N) is 1. The summed E-state index contributed by atoms with van der Waals surface area (Å²) in [6.45, 7) is 2.54. The van der Waals surface area contributed by atoms with Crippen molar-refractivity contribution in [2.24, 2.45) is 0 Å². The Morgan fingerprint density at radius 2 is 2.29 bits per heavy atom. The highest BCUT2D eigenvalue weighted by atomic mass is 35.5. The quantitative estimate of drug-likeness (QED) is 0.816. The number of benzene rings is 1. The second kappa shape index (κ2) is 5.66. The zero-order chi connectivity index (χ0) is 10.4. The number of rotatable bonds is 4. The average Bonchev–Trinajstić information content (AvgIpc) is 2.15. The number of halogens is 1. The number of hydrogen-bond acceptors (Lipinski definition) is 1. The maximum absolute atomic E-state index is 11.2. The monoisotopic (exact) mass is 211 g/mol. The predicted octanol–water partition coefficient (Wildman–Crippen LogP) is 2.76. The van der Waals surface area contributed by atoms with Crippen molar-refractivity contribution in [3.8, 4) is 0 Å². The largest absolute Gasteiger partial charge is 0.352 e. The molecule has 0 aliphatic rings. The third-order valence-electron chi connectivity index (χ3n) is 1.86. The summed E-state index contributed by atoms with van der Waals surface area (Å²) in [5.74, 6) is 0.0903. The minimum atomic E-state index is 0.0903. The normalized spacial score (nSPS) is 9.86. The van der Waals surface area contributed by atoms with Gasteiger partial charge in [0.05, 0.1) is 0 Å². The zero-order valence-electron chi connectivity index (χ0n) is 8.22. The van der Waals surface area contributed by atoms with Crippen molar-refractivity contribution in [3.63, 3.8) is 0 Å². The number of hydrogen-bond donors (Lipinski definition) is 1. The minimum Gasteiger partial charge on any atom is -0.352 e. The van der Waals surface area contributed by atoms with E-state index >= 15 is 0 Å².